The van der Waals surface area contributed by atoms with E-state index in [4.69, 9.17) is 0 Å². The number of amides is 2. The molecule has 2 amide bonds. The Balaban J connectivity index is 1.53. The van der Waals surface area contributed by atoms with Gasteiger partial charge in [0.25, 0.3) is 0 Å². The molecule has 0 unspecified atom stereocenters. The smallest absolute Gasteiger partial charge is 0.319 e. The maximum atomic E-state index is 12.6. The Hall–Kier alpha value is -2.57. The lowest BCUT2D eigenvalue weighted by Crippen LogP contribution is -2.31. The fourth-order valence-corrected chi connectivity index (χ4v) is 5.30. The summed E-state index contributed by atoms with van der Waals surface area (Å²) in [6, 6.07) is 9.97. The zero-order valence-corrected chi connectivity index (χ0v) is 18.1. The molecule has 2 N–H and O–H groups in total. The second-order valence-corrected chi connectivity index (χ2v) is 8.71. The van der Waals surface area contributed by atoms with E-state index < -0.39 is 0 Å². The van der Waals surface area contributed by atoms with Crippen molar-refractivity contribution < 1.29 is 4.79 Å². The Morgan fingerprint density at radius 3 is 2.72 bits per heavy atom. The Bertz CT molecular complexity index is 1010. The number of carbonyl (C=O) groups is 1. The van der Waals surface area contributed by atoms with E-state index in [-0.39, 0.29) is 6.03 Å². The molecule has 1 aliphatic rings. The van der Waals surface area contributed by atoms with Gasteiger partial charge in [-0.15, -0.1) is 11.3 Å². The first-order valence-corrected chi connectivity index (χ1v) is 11.0. The summed E-state index contributed by atoms with van der Waals surface area (Å²) >= 11 is 1.85. The van der Waals surface area contributed by atoms with Crippen molar-refractivity contribution in [3.63, 3.8) is 0 Å². The van der Waals surface area contributed by atoms with Gasteiger partial charge in [0.05, 0.1) is 0 Å². The summed E-state index contributed by atoms with van der Waals surface area (Å²) in [6.07, 6.45) is 5.19. The molecular formula is C23H28N4OS. The van der Waals surface area contributed by atoms with Gasteiger partial charge in [0.15, 0.2) is 0 Å². The molecule has 0 spiro atoms. The molecular weight excluding hydrogens is 380 g/mol. The monoisotopic (exact) mass is 408 g/mol. The Morgan fingerprint density at radius 2 is 2.00 bits per heavy atom. The molecule has 0 atom stereocenters. The zero-order chi connectivity index (χ0) is 20.4. The molecule has 6 heteroatoms. The number of nitrogens with one attached hydrogen (secondary N) is 2. The van der Waals surface area contributed by atoms with Crippen molar-refractivity contribution in [2.75, 3.05) is 18.4 Å². The van der Waals surface area contributed by atoms with Gasteiger partial charge in [-0.25, -0.2) is 4.79 Å². The topological polar surface area (TPSA) is 49.3 Å². The summed E-state index contributed by atoms with van der Waals surface area (Å²) < 4.78 is 2.16. The van der Waals surface area contributed by atoms with Crippen LogP contribution in [0.25, 0.3) is 5.00 Å². The van der Waals surface area contributed by atoms with Gasteiger partial charge in [-0.3, -0.25) is 4.90 Å². The van der Waals surface area contributed by atoms with E-state index in [1.807, 2.05) is 42.5 Å². The summed E-state index contributed by atoms with van der Waals surface area (Å²) in [6.45, 7) is 9.96. The SMILES string of the molecule is CCN1CCc2c(sc(-n3cccc3)c2CNC(=O)Nc2ccc(C)cc2C)C1. The van der Waals surface area contributed by atoms with Gasteiger partial charge < -0.3 is 15.2 Å². The maximum absolute atomic E-state index is 12.6. The Labute approximate surface area is 176 Å². The zero-order valence-electron chi connectivity index (χ0n) is 17.3. The number of hydrogen-bond acceptors (Lipinski definition) is 3. The molecule has 0 bridgehead atoms. The van der Waals surface area contributed by atoms with Gasteiger partial charge in [0.1, 0.15) is 5.00 Å². The van der Waals surface area contributed by atoms with Gasteiger partial charge in [-0.1, -0.05) is 24.6 Å². The summed E-state index contributed by atoms with van der Waals surface area (Å²) in [5.74, 6) is 0. The van der Waals surface area contributed by atoms with Crippen LogP contribution >= 0.6 is 11.3 Å². The quantitative estimate of drug-likeness (QED) is 0.634. The van der Waals surface area contributed by atoms with Gasteiger partial charge >= 0.3 is 6.03 Å². The van der Waals surface area contributed by atoms with Gasteiger partial charge in [-0.2, -0.15) is 0 Å². The molecule has 3 heterocycles. The first-order chi connectivity index (χ1) is 14.0. The third kappa shape index (κ3) is 4.23. The first kappa shape index (κ1) is 19.7. The number of benzene rings is 1. The highest BCUT2D eigenvalue weighted by molar-refractivity contribution is 7.14. The Morgan fingerprint density at radius 1 is 1.21 bits per heavy atom. The van der Waals surface area contributed by atoms with Gasteiger partial charge in [0, 0.05) is 48.2 Å². The highest BCUT2D eigenvalue weighted by Crippen LogP contribution is 2.35. The number of aryl methyl sites for hydroxylation is 2. The lowest BCUT2D eigenvalue weighted by molar-refractivity contribution is 0.251. The molecule has 5 nitrogen and oxygen atoms in total. The molecule has 0 aliphatic carbocycles. The molecule has 0 saturated carbocycles. The number of thiophene rings is 1. The van der Waals surface area contributed by atoms with Gasteiger partial charge in [-0.05, 0) is 56.1 Å². The molecule has 0 saturated heterocycles. The molecule has 152 valence electrons. The van der Waals surface area contributed by atoms with Crippen LogP contribution in [-0.2, 0) is 19.5 Å². The average Bonchev–Trinajstić information content (AvgIpc) is 3.35. The Kier molecular flexibility index (Phi) is 5.74. The predicted octanol–water partition coefficient (Wildman–Crippen LogP) is 4.86. The molecule has 0 fully saturated rings. The molecule has 2 aromatic heterocycles. The summed E-state index contributed by atoms with van der Waals surface area (Å²) in [7, 11) is 0. The second-order valence-electron chi connectivity index (χ2n) is 7.62. The fraction of sp³-hybridized carbons (Fsp3) is 0.348. The van der Waals surface area contributed by atoms with Crippen LogP contribution in [-0.4, -0.2) is 28.6 Å². The molecule has 4 rings (SSSR count). The minimum atomic E-state index is -0.165. The average molecular weight is 409 g/mol. The number of likely N-dealkylation sites (N-methyl/N-ethyl adjacent to an activating group) is 1. The van der Waals surface area contributed by atoms with Crippen molar-refractivity contribution in [3.05, 3.63) is 69.9 Å². The first-order valence-electron chi connectivity index (χ1n) is 10.2. The van der Waals surface area contributed by atoms with E-state index in [0.29, 0.717) is 6.54 Å². The number of hydrogen-bond donors (Lipinski definition) is 2. The minimum Gasteiger partial charge on any atom is -0.334 e. The van der Waals surface area contributed by atoms with Crippen molar-refractivity contribution >= 4 is 23.1 Å². The molecule has 1 aromatic carbocycles. The lowest BCUT2D eigenvalue weighted by Gasteiger charge is -2.25. The van der Waals surface area contributed by atoms with Crippen LogP contribution in [0, 0.1) is 13.8 Å². The van der Waals surface area contributed by atoms with E-state index in [1.54, 1.807) is 0 Å². The molecule has 29 heavy (non-hydrogen) atoms. The summed E-state index contributed by atoms with van der Waals surface area (Å²) in [4.78, 5) is 16.5. The number of fused-ring (bicyclic) bond motifs is 1. The normalized spacial score (nSPS) is 13.9. The van der Waals surface area contributed by atoms with Crippen LogP contribution in [0.3, 0.4) is 0 Å². The van der Waals surface area contributed by atoms with Crippen LogP contribution in [0.4, 0.5) is 10.5 Å². The second kappa shape index (κ2) is 8.43. The lowest BCUT2D eigenvalue weighted by atomic mass is 10.0. The number of carbonyl (C=O) groups excluding carboxylic acids is 1. The fourth-order valence-electron chi connectivity index (χ4n) is 3.93. The number of urea groups is 1. The maximum Gasteiger partial charge on any atom is 0.319 e. The number of nitrogens with zero attached hydrogens (tertiary/aromatic N) is 2. The highest BCUT2D eigenvalue weighted by atomic mass is 32.1. The van der Waals surface area contributed by atoms with Gasteiger partial charge in [0.2, 0.25) is 0 Å². The third-order valence-electron chi connectivity index (χ3n) is 5.57. The minimum absolute atomic E-state index is 0.165. The highest BCUT2D eigenvalue weighted by Gasteiger charge is 2.24. The van der Waals surface area contributed by atoms with Crippen LogP contribution in [0.15, 0.2) is 42.7 Å². The third-order valence-corrected chi connectivity index (χ3v) is 6.84. The largest absolute Gasteiger partial charge is 0.334 e. The van der Waals surface area contributed by atoms with E-state index in [2.05, 4.69) is 52.4 Å². The molecule has 1 aliphatic heterocycles. The van der Waals surface area contributed by atoms with Crippen molar-refractivity contribution in [1.29, 1.82) is 0 Å². The number of anilines is 1. The number of rotatable bonds is 5. The van der Waals surface area contributed by atoms with Crippen molar-refractivity contribution in [1.82, 2.24) is 14.8 Å². The van der Waals surface area contributed by atoms with Crippen molar-refractivity contribution in [2.24, 2.45) is 0 Å². The van der Waals surface area contributed by atoms with Crippen molar-refractivity contribution in [3.8, 4) is 5.00 Å². The van der Waals surface area contributed by atoms with E-state index in [9.17, 15) is 4.79 Å². The van der Waals surface area contributed by atoms with Crippen LogP contribution in [0.1, 0.15) is 34.1 Å². The van der Waals surface area contributed by atoms with Crippen molar-refractivity contribution in [2.45, 2.75) is 40.3 Å². The van der Waals surface area contributed by atoms with Crippen LogP contribution in [0.5, 0.6) is 0 Å². The predicted molar refractivity (Wildman–Crippen MR) is 120 cm³/mol. The molecule has 0 radical (unpaired) electrons. The van der Waals surface area contributed by atoms with Crippen LogP contribution < -0.4 is 10.6 Å². The number of aromatic nitrogens is 1. The van der Waals surface area contributed by atoms with E-state index in [0.717, 1.165) is 37.3 Å². The van der Waals surface area contributed by atoms with Crippen LogP contribution in [0.2, 0.25) is 0 Å². The van der Waals surface area contributed by atoms with E-state index in [1.165, 1.54) is 26.6 Å². The standard InChI is InChI=1S/C23H28N4OS/c1-4-26-12-9-18-19(22(29-21(18)15-26)27-10-5-6-11-27)14-24-23(28)25-20-8-7-16(2)13-17(20)3/h5-8,10-11,13H,4,9,12,14-15H2,1-3H3,(H2,24,25,28). The molecule has 3 aromatic rings. The summed E-state index contributed by atoms with van der Waals surface area (Å²) in [5, 5.41) is 7.28. The van der Waals surface area contributed by atoms with E-state index >= 15 is 0 Å². The summed E-state index contributed by atoms with van der Waals surface area (Å²) in [5.41, 5.74) is 5.77.